The summed E-state index contributed by atoms with van der Waals surface area (Å²) in [4.78, 5) is 7.84. The van der Waals surface area contributed by atoms with Gasteiger partial charge in [-0.25, -0.2) is 10.8 Å². The topological polar surface area (TPSA) is 73.1 Å². The molecule has 3 N–H and O–H groups in total. The average Bonchev–Trinajstić information content (AvgIpc) is 2.34. The number of aromatic nitrogens is 2. The van der Waals surface area contributed by atoms with Crippen molar-refractivity contribution in [2.45, 2.75) is 0 Å². The van der Waals surface area contributed by atoms with Gasteiger partial charge in [-0.1, -0.05) is 23.2 Å². The summed E-state index contributed by atoms with van der Waals surface area (Å²) in [6.07, 6.45) is 1.51. The molecule has 7 heteroatoms. The second-order valence-electron chi connectivity index (χ2n) is 3.04. The van der Waals surface area contributed by atoms with Crippen LogP contribution in [0.5, 0.6) is 11.6 Å². The van der Waals surface area contributed by atoms with Gasteiger partial charge in [-0.15, -0.1) is 0 Å². The first kappa shape index (κ1) is 11.9. The number of halogens is 2. The zero-order valence-electron chi connectivity index (χ0n) is 8.52. The Labute approximate surface area is 108 Å². The Hall–Kier alpha value is -1.56. The van der Waals surface area contributed by atoms with E-state index in [-0.39, 0.29) is 5.95 Å². The molecule has 1 aromatic heterocycles. The molecule has 2 aromatic rings. The Balaban J connectivity index is 2.27. The molecule has 0 spiro atoms. The Morgan fingerprint density at radius 1 is 1.24 bits per heavy atom. The molecule has 0 aliphatic rings. The number of rotatable bonds is 3. The van der Waals surface area contributed by atoms with E-state index in [1.165, 1.54) is 6.20 Å². The van der Waals surface area contributed by atoms with Crippen LogP contribution in [-0.4, -0.2) is 9.97 Å². The Kier molecular flexibility index (Phi) is 3.63. The third-order valence-corrected chi connectivity index (χ3v) is 2.41. The van der Waals surface area contributed by atoms with Crippen molar-refractivity contribution < 1.29 is 4.74 Å². The largest absolute Gasteiger partial charge is 0.437 e. The standard InChI is InChI=1S/C10H8Cl2N4O/c11-6-1-2-7(12)8(5-6)17-9-3-4-14-10(15-9)16-13/h1-5H,13H2,(H,14,15,16). The molecule has 17 heavy (non-hydrogen) atoms. The molecule has 2 rings (SSSR count). The highest BCUT2D eigenvalue weighted by Crippen LogP contribution is 2.31. The number of nitrogens with two attached hydrogens (primary N) is 1. The number of nitrogens with one attached hydrogen (secondary N) is 1. The van der Waals surface area contributed by atoms with Crippen LogP contribution in [0.15, 0.2) is 30.5 Å². The number of hydrogen-bond donors (Lipinski definition) is 2. The highest BCUT2D eigenvalue weighted by atomic mass is 35.5. The fourth-order valence-electron chi connectivity index (χ4n) is 1.14. The van der Waals surface area contributed by atoms with E-state index in [0.717, 1.165) is 0 Å². The van der Waals surface area contributed by atoms with Gasteiger partial charge in [-0.3, -0.25) is 5.43 Å². The summed E-state index contributed by atoms with van der Waals surface area (Å²) in [7, 11) is 0. The van der Waals surface area contributed by atoms with E-state index in [9.17, 15) is 0 Å². The molecular weight excluding hydrogens is 263 g/mol. The minimum atomic E-state index is 0.251. The van der Waals surface area contributed by atoms with E-state index in [0.29, 0.717) is 21.7 Å². The van der Waals surface area contributed by atoms with Gasteiger partial charge in [-0.05, 0) is 12.1 Å². The van der Waals surface area contributed by atoms with Crippen molar-refractivity contribution in [2.24, 2.45) is 5.84 Å². The van der Waals surface area contributed by atoms with Crippen molar-refractivity contribution in [1.82, 2.24) is 9.97 Å². The lowest BCUT2D eigenvalue weighted by Crippen LogP contribution is -2.10. The van der Waals surface area contributed by atoms with Gasteiger partial charge in [0, 0.05) is 23.4 Å². The van der Waals surface area contributed by atoms with Crippen LogP contribution < -0.4 is 16.0 Å². The summed E-state index contributed by atoms with van der Waals surface area (Å²) < 4.78 is 5.47. The molecule has 0 aliphatic carbocycles. The maximum atomic E-state index is 5.95. The van der Waals surface area contributed by atoms with E-state index >= 15 is 0 Å². The van der Waals surface area contributed by atoms with Crippen LogP contribution in [0.25, 0.3) is 0 Å². The number of nitrogen functional groups attached to an aromatic ring is 1. The molecular formula is C10H8Cl2N4O. The van der Waals surface area contributed by atoms with Gasteiger partial charge in [0.15, 0.2) is 0 Å². The van der Waals surface area contributed by atoms with Gasteiger partial charge in [0.1, 0.15) is 5.75 Å². The molecule has 1 aromatic carbocycles. The van der Waals surface area contributed by atoms with Crippen molar-refractivity contribution in [2.75, 3.05) is 5.43 Å². The summed E-state index contributed by atoms with van der Waals surface area (Å²) >= 11 is 11.8. The minimum absolute atomic E-state index is 0.251. The number of benzene rings is 1. The van der Waals surface area contributed by atoms with Gasteiger partial charge in [0.2, 0.25) is 11.8 Å². The summed E-state index contributed by atoms with van der Waals surface area (Å²) in [5.41, 5.74) is 2.32. The minimum Gasteiger partial charge on any atom is -0.437 e. The SMILES string of the molecule is NNc1nccc(Oc2cc(Cl)ccc2Cl)n1. The Bertz CT molecular complexity index is 535. The molecule has 1 heterocycles. The lowest BCUT2D eigenvalue weighted by Gasteiger charge is -2.07. The first-order valence-electron chi connectivity index (χ1n) is 4.61. The fourth-order valence-corrected chi connectivity index (χ4v) is 1.45. The molecule has 0 unspecified atom stereocenters. The summed E-state index contributed by atoms with van der Waals surface area (Å²) in [6, 6.07) is 6.49. The van der Waals surface area contributed by atoms with Crippen molar-refractivity contribution >= 4 is 29.2 Å². The Morgan fingerprint density at radius 3 is 2.82 bits per heavy atom. The second-order valence-corrected chi connectivity index (χ2v) is 3.88. The third-order valence-electron chi connectivity index (χ3n) is 1.87. The van der Waals surface area contributed by atoms with Gasteiger partial charge in [-0.2, -0.15) is 4.98 Å². The normalized spacial score (nSPS) is 10.1. The first-order valence-corrected chi connectivity index (χ1v) is 5.37. The van der Waals surface area contributed by atoms with E-state index < -0.39 is 0 Å². The van der Waals surface area contributed by atoms with E-state index in [1.54, 1.807) is 24.3 Å². The first-order chi connectivity index (χ1) is 8.19. The molecule has 0 fully saturated rings. The predicted molar refractivity (Wildman–Crippen MR) is 66.4 cm³/mol. The molecule has 0 saturated carbocycles. The van der Waals surface area contributed by atoms with E-state index in [2.05, 4.69) is 15.4 Å². The van der Waals surface area contributed by atoms with E-state index in [1.807, 2.05) is 0 Å². The molecule has 5 nitrogen and oxygen atoms in total. The molecule has 0 radical (unpaired) electrons. The predicted octanol–water partition coefficient (Wildman–Crippen LogP) is 2.86. The number of hydrogen-bond acceptors (Lipinski definition) is 5. The molecule has 0 saturated heterocycles. The Morgan fingerprint density at radius 2 is 2.06 bits per heavy atom. The van der Waals surface area contributed by atoms with Crippen LogP contribution in [0, 0.1) is 0 Å². The maximum Gasteiger partial charge on any atom is 0.240 e. The zero-order valence-corrected chi connectivity index (χ0v) is 10.0. The monoisotopic (exact) mass is 270 g/mol. The van der Waals surface area contributed by atoms with Crippen LogP contribution >= 0.6 is 23.2 Å². The van der Waals surface area contributed by atoms with Crippen LogP contribution in [0.3, 0.4) is 0 Å². The van der Waals surface area contributed by atoms with Gasteiger partial charge in [0.05, 0.1) is 5.02 Å². The zero-order chi connectivity index (χ0) is 12.3. The van der Waals surface area contributed by atoms with Gasteiger partial charge >= 0.3 is 0 Å². The average molecular weight is 271 g/mol. The maximum absolute atomic E-state index is 5.95. The van der Waals surface area contributed by atoms with Gasteiger partial charge in [0.25, 0.3) is 0 Å². The van der Waals surface area contributed by atoms with Crippen LogP contribution in [0.2, 0.25) is 10.0 Å². The van der Waals surface area contributed by atoms with Crippen molar-refractivity contribution in [1.29, 1.82) is 0 Å². The lowest BCUT2D eigenvalue weighted by molar-refractivity contribution is 0.462. The quantitative estimate of drug-likeness (QED) is 0.663. The van der Waals surface area contributed by atoms with Crippen LogP contribution in [-0.2, 0) is 0 Å². The van der Waals surface area contributed by atoms with Crippen molar-refractivity contribution in [3.8, 4) is 11.6 Å². The summed E-state index contributed by atoms with van der Waals surface area (Å²) in [6.45, 7) is 0. The fraction of sp³-hybridized carbons (Fsp3) is 0. The number of ether oxygens (including phenoxy) is 1. The highest BCUT2D eigenvalue weighted by Gasteiger charge is 2.06. The van der Waals surface area contributed by atoms with Gasteiger partial charge < -0.3 is 4.74 Å². The summed E-state index contributed by atoms with van der Waals surface area (Å²) in [5, 5.41) is 0.964. The summed E-state index contributed by atoms with van der Waals surface area (Å²) in [5.74, 6) is 6.17. The van der Waals surface area contributed by atoms with Crippen LogP contribution in [0.1, 0.15) is 0 Å². The third kappa shape index (κ3) is 2.97. The number of hydrazine groups is 1. The van der Waals surface area contributed by atoms with Crippen molar-refractivity contribution in [3.63, 3.8) is 0 Å². The van der Waals surface area contributed by atoms with Crippen molar-refractivity contribution in [3.05, 3.63) is 40.5 Å². The highest BCUT2D eigenvalue weighted by molar-refractivity contribution is 6.34. The smallest absolute Gasteiger partial charge is 0.240 e. The molecule has 0 aliphatic heterocycles. The van der Waals surface area contributed by atoms with Crippen LogP contribution in [0.4, 0.5) is 5.95 Å². The second kappa shape index (κ2) is 5.18. The number of anilines is 1. The lowest BCUT2D eigenvalue weighted by atomic mass is 10.3. The molecule has 0 amide bonds. The molecule has 88 valence electrons. The van der Waals surface area contributed by atoms with E-state index in [4.69, 9.17) is 33.8 Å². The molecule has 0 bridgehead atoms. The number of nitrogens with zero attached hydrogens (tertiary/aromatic N) is 2. The molecule has 0 atom stereocenters.